The first-order valence-electron chi connectivity index (χ1n) is 8.13. The van der Waals surface area contributed by atoms with E-state index in [4.69, 9.17) is 4.42 Å². The third-order valence-corrected chi connectivity index (χ3v) is 5.39. The van der Waals surface area contributed by atoms with Gasteiger partial charge in [0.15, 0.2) is 0 Å². The molecule has 3 rings (SSSR count). The summed E-state index contributed by atoms with van der Waals surface area (Å²) < 4.78 is 44.4. The number of nitrogens with zero attached hydrogens (tertiary/aromatic N) is 2. The molecule has 0 bridgehead atoms. The number of alkyl halides is 3. The molecule has 2 heterocycles. The number of hydrogen-bond acceptors (Lipinski definition) is 4. The van der Waals surface area contributed by atoms with Crippen molar-refractivity contribution in [1.82, 2.24) is 9.88 Å². The molecular formula is C19H19F3N2OS. The average molecular weight is 380 g/mol. The smallest absolute Gasteiger partial charge is 0.416 e. The summed E-state index contributed by atoms with van der Waals surface area (Å²) in [7, 11) is 1.99. The van der Waals surface area contributed by atoms with Crippen molar-refractivity contribution < 1.29 is 17.6 Å². The molecule has 0 amide bonds. The molecular weight excluding hydrogens is 361 g/mol. The molecule has 0 aliphatic heterocycles. The summed E-state index contributed by atoms with van der Waals surface area (Å²) in [6.07, 6.45) is -4.39. The van der Waals surface area contributed by atoms with Gasteiger partial charge in [0.1, 0.15) is 5.76 Å². The Labute approximate surface area is 154 Å². The van der Waals surface area contributed by atoms with E-state index >= 15 is 0 Å². The second-order valence-corrected chi connectivity index (χ2v) is 7.19. The van der Waals surface area contributed by atoms with Crippen molar-refractivity contribution in [3.8, 4) is 11.5 Å². The highest BCUT2D eigenvalue weighted by molar-refractivity contribution is 7.10. The van der Waals surface area contributed by atoms with E-state index in [2.05, 4.69) is 22.9 Å². The molecule has 0 spiro atoms. The van der Waals surface area contributed by atoms with E-state index in [1.807, 2.05) is 18.5 Å². The maximum absolute atomic E-state index is 12.9. The van der Waals surface area contributed by atoms with Gasteiger partial charge in [-0.05, 0) is 50.5 Å². The molecule has 0 saturated heterocycles. The van der Waals surface area contributed by atoms with Gasteiger partial charge in [-0.3, -0.25) is 4.90 Å². The maximum atomic E-state index is 12.9. The lowest BCUT2D eigenvalue weighted by atomic mass is 10.1. The van der Waals surface area contributed by atoms with Crippen LogP contribution >= 0.6 is 11.3 Å². The Balaban J connectivity index is 1.81. The second-order valence-electron chi connectivity index (χ2n) is 6.21. The van der Waals surface area contributed by atoms with E-state index < -0.39 is 11.7 Å². The van der Waals surface area contributed by atoms with E-state index in [1.165, 1.54) is 10.9 Å². The molecule has 0 unspecified atom stereocenters. The van der Waals surface area contributed by atoms with E-state index in [-0.39, 0.29) is 11.9 Å². The van der Waals surface area contributed by atoms with Crippen molar-refractivity contribution in [2.24, 2.45) is 0 Å². The lowest BCUT2D eigenvalue weighted by Crippen LogP contribution is -2.21. The van der Waals surface area contributed by atoms with Crippen LogP contribution in [0, 0.1) is 6.92 Å². The second kappa shape index (κ2) is 7.25. The number of benzene rings is 1. The molecule has 0 radical (unpaired) electrons. The number of rotatable bonds is 5. The standard InChI is InChI=1S/C19H19F3N2OS/c1-12(17-8-5-9-26-17)24(3)11-16-13(2)25-18(23-16)14-6-4-7-15(10-14)19(20,21)22/h4-10,12H,11H2,1-3H3/t12-/m0/s1. The van der Waals surface area contributed by atoms with Crippen LogP contribution in [-0.2, 0) is 12.7 Å². The zero-order chi connectivity index (χ0) is 18.9. The number of hydrogen-bond donors (Lipinski definition) is 0. The van der Waals surface area contributed by atoms with Crippen molar-refractivity contribution >= 4 is 11.3 Å². The molecule has 7 heteroatoms. The number of halogens is 3. The molecule has 3 aromatic rings. The molecule has 0 aliphatic carbocycles. The zero-order valence-electron chi connectivity index (χ0n) is 14.7. The monoisotopic (exact) mass is 380 g/mol. The predicted octanol–water partition coefficient (Wildman–Crippen LogP) is 5.92. The number of aromatic nitrogens is 1. The predicted molar refractivity (Wildman–Crippen MR) is 95.9 cm³/mol. The topological polar surface area (TPSA) is 29.3 Å². The highest BCUT2D eigenvalue weighted by atomic mass is 32.1. The van der Waals surface area contributed by atoms with Gasteiger partial charge in [-0.2, -0.15) is 13.2 Å². The summed E-state index contributed by atoms with van der Waals surface area (Å²) >= 11 is 1.69. The first-order chi connectivity index (χ1) is 12.3. The van der Waals surface area contributed by atoms with Crippen molar-refractivity contribution in [1.29, 1.82) is 0 Å². The van der Waals surface area contributed by atoms with Gasteiger partial charge in [-0.25, -0.2) is 4.98 Å². The summed E-state index contributed by atoms with van der Waals surface area (Å²) in [5.74, 6) is 0.823. The third kappa shape index (κ3) is 3.99. The Hall–Kier alpha value is -2.12. The minimum Gasteiger partial charge on any atom is -0.441 e. The van der Waals surface area contributed by atoms with Gasteiger partial charge in [0, 0.05) is 23.0 Å². The van der Waals surface area contributed by atoms with E-state index in [0.29, 0.717) is 17.9 Å². The van der Waals surface area contributed by atoms with Crippen molar-refractivity contribution in [3.05, 3.63) is 63.7 Å². The summed E-state index contributed by atoms with van der Waals surface area (Å²) in [4.78, 5) is 7.81. The van der Waals surface area contributed by atoms with Gasteiger partial charge in [0.25, 0.3) is 0 Å². The Kier molecular flexibility index (Phi) is 5.20. The third-order valence-electron chi connectivity index (χ3n) is 4.34. The van der Waals surface area contributed by atoms with Gasteiger partial charge in [-0.15, -0.1) is 11.3 Å². The quantitative estimate of drug-likeness (QED) is 0.550. The molecule has 0 saturated carbocycles. The average Bonchev–Trinajstić information content (AvgIpc) is 3.24. The Morgan fingerprint density at radius 2 is 2.00 bits per heavy atom. The normalized spacial score (nSPS) is 13.3. The number of thiophene rings is 1. The van der Waals surface area contributed by atoms with Gasteiger partial charge in [0.05, 0.1) is 11.3 Å². The van der Waals surface area contributed by atoms with Crippen LogP contribution in [0.25, 0.3) is 11.5 Å². The van der Waals surface area contributed by atoms with Gasteiger partial charge in [0.2, 0.25) is 5.89 Å². The van der Waals surface area contributed by atoms with Crippen molar-refractivity contribution in [2.75, 3.05) is 7.05 Å². The summed E-state index contributed by atoms with van der Waals surface area (Å²) in [6.45, 7) is 4.44. The summed E-state index contributed by atoms with van der Waals surface area (Å²) in [6, 6.07) is 9.34. The van der Waals surface area contributed by atoms with E-state index in [1.54, 1.807) is 24.3 Å². The molecule has 2 aromatic heterocycles. The number of aryl methyl sites for hydroxylation is 1. The fraction of sp³-hybridized carbons (Fsp3) is 0.316. The van der Waals surface area contributed by atoms with Crippen LogP contribution < -0.4 is 0 Å². The van der Waals surface area contributed by atoms with Crippen LogP contribution in [0.4, 0.5) is 13.2 Å². The fourth-order valence-electron chi connectivity index (χ4n) is 2.65. The lowest BCUT2D eigenvalue weighted by Gasteiger charge is -2.22. The molecule has 26 heavy (non-hydrogen) atoms. The Bertz CT molecular complexity index is 871. The van der Waals surface area contributed by atoms with E-state index in [9.17, 15) is 13.2 Å². The van der Waals surface area contributed by atoms with Gasteiger partial charge >= 0.3 is 6.18 Å². The Morgan fingerprint density at radius 1 is 1.23 bits per heavy atom. The van der Waals surface area contributed by atoms with Gasteiger partial charge < -0.3 is 4.42 Å². The largest absolute Gasteiger partial charge is 0.441 e. The molecule has 0 fully saturated rings. The van der Waals surface area contributed by atoms with Crippen LogP contribution in [0.1, 0.15) is 34.9 Å². The molecule has 0 aliphatic rings. The zero-order valence-corrected chi connectivity index (χ0v) is 15.5. The van der Waals surface area contributed by atoms with Crippen LogP contribution in [-0.4, -0.2) is 16.9 Å². The first kappa shape index (κ1) is 18.7. The fourth-order valence-corrected chi connectivity index (χ4v) is 3.49. The molecule has 1 atom stereocenters. The number of oxazole rings is 1. The molecule has 1 aromatic carbocycles. The van der Waals surface area contributed by atoms with Crippen LogP contribution in [0.3, 0.4) is 0 Å². The van der Waals surface area contributed by atoms with Crippen LogP contribution in [0.15, 0.2) is 46.2 Å². The van der Waals surface area contributed by atoms with Crippen molar-refractivity contribution in [3.63, 3.8) is 0 Å². The van der Waals surface area contributed by atoms with Crippen LogP contribution in [0.2, 0.25) is 0 Å². The highest BCUT2D eigenvalue weighted by Gasteiger charge is 2.31. The van der Waals surface area contributed by atoms with Crippen molar-refractivity contribution in [2.45, 2.75) is 32.6 Å². The summed E-state index contributed by atoms with van der Waals surface area (Å²) in [5, 5.41) is 2.03. The minimum absolute atomic E-state index is 0.209. The highest BCUT2D eigenvalue weighted by Crippen LogP contribution is 2.33. The van der Waals surface area contributed by atoms with Gasteiger partial charge in [-0.1, -0.05) is 12.1 Å². The SMILES string of the molecule is Cc1oc(-c2cccc(C(F)(F)F)c2)nc1CN(C)[C@@H](C)c1cccs1. The molecule has 138 valence electrons. The maximum Gasteiger partial charge on any atom is 0.416 e. The molecule has 3 nitrogen and oxygen atoms in total. The lowest BCUT2D eigenvalue weighted by molar-refractivity contribution is -0.137. The first-order valence-corrected chi connectivity index (χ1v) is 9.01. The Morgan fingerprint density at radius 3 is 2.65 bits per heavy atom. The minimum atomic E-state index is -4.39. The molecule has 0 N–H and O–H groups in total. The summed E-state index contributed by atoms with van der Waals surface area (Å²) in [5.41, 5.74) is 0.335. The van der Waals surface area contributed by atoms with E-state index in [0.717, 1.165) is 17.8 Å². The van der Waals surface area contributed by atoms with Crippen LogP contribution in [0.5, 0.6) is 0 Å².